The molecule has 1 atom stereocenters. The fourth-order valence-electron chi connectivity index (χ4n) is 5.11. The molecule has 0 radical (unpaired) electrons. The Balaban J connectivity index is 1.43. The summed E-state index contributed by atoms with van der Waals surface area (Å²) in [4.78, 5) is 6.30. The minimum Gasteiger partial charge on any atom is -0.485 e. The first-order valence-electron chi connectivity index (χ1n) is 12.2. The second-order valence-corrected chi connectivity index (χ2v) is 12.2. The second-order valence-electron chi connectivity index (χ2n) is 9.63. The van der Waals surface area contributed by atoms with Gasteiger partial charge >= 0.3 is 6.18 Å². The standard InChI is InChI=1S/C26H28F3N3O3S2/c1-32-12-9-17(10-13-32)22-16-19(26(27,28)29)5-8-24(22)35-23-4-2-3-18-15-20(6-7-21(18)23)37(33,34)31-25-30-11-14-36-25/h5-8,11,14-17,23H,2-4,9-10,12-13H2,1H3,(H,30,31). The van der Waals surface area contributed by atoms with Crippen molar-refractivity contribution in [2.75, 3.05) is 24.9 Å². The molecule has 2 aromatic carbocycles. The van der Waals surface area contributed by atoms with Crippen LogP contribution in [-0.4, -0.2) is 38.4 Å². The van der Waals surface area contributed by atoms with Crippen molar-refractivity contribution < 1.29 is 26.3 Å². The Morgan fingerprint density at radius 2 is 1.86 bits per heavy atom. The van der Waals surface area contributed by atoms with E-state index in [0.29, 0.717) is 29.3 Å². The molecule has 1 saturated heterocycles. The van der Waals surface area contributed by atoms with Gasteiger partial charge in [-0.3, -0.25) is 4.72 Å². The van der Waals surface area contributed by atoms with Crippen LogP contribution < -0.4 is 9.46 Å². The van der Waals surface area contributed by atoms with Crippen LogP contribution in [0.5, 0.6) is 5.75 Å². The smallest absolute Gasteiger partial charge is 0.416 e. The molecule has 5 rings (SSSR count). The Morgan fingerprint density at radius 3 is 2.57 bits per heavy atom. The summed E-state index contributed by atoms with van der Waals surface area (Å²) in [6.45, 7) is 1.64. The van der Waals surface area contributed by atoms with Gasteiger partial charge in [0.15, 0.2) is 5.13 Å². The summed E-state index contributed by atoms with van der Waals surface area (Å²) in [6.07, 6.45) is 0.448. The van der Waals surface area contributed by atoms with Crippen molar-refractivity contribution in [3.05, 3.63) is 70.2 Å². The number of benzene rings is 2. The number of alkyl halides is 3. The van der Waals surface area contributed by atoms with Crippen molar-refractivity contribution in [1.29, 1.82) is 0 Å². The summed E-state index contributed by atoms with van der Waals surface area (Å²) in [5.74, 6) is 0.462. The monoisotopic (exact) mass is 551 g/mol. The largest absolute Gasteiger partial charge is 0.485 e. The van der Waals surface area contributed by atoms with E-state index < -0.39 is 21.8 Å². The molecule has 11 heteroatoms. The molecule has 6 nitrogen and oxygen atoms in total. The lowest BCUT2D eigenvalue weighted by atomic mass is 9.87. The molecular weight excluding hydrogens is 523 g/mol. The van der Waals surface area contributed by atoms with Crippen LogP contribution in [0.3, 0.4) is 0 Å². The Labute approximate surface area is 218 Å². The molecule has 1 fully saturated rings. The molecule has 1 aromatic heterocycles. The van der Waals surface area contributed by atoms with Crippen molar-refractivity contribution in [3.8, 4) is 5.75 Å². The van der Waals surface area contributed by atoms with Gasteiger partial charge in [0.05, 0.1) is 10.5 Å². The number of likely N-dealkylation sites (tertiary alicyclic amines) is 1. The number of anilines is 1. The molecule has 1 aliphatic heterocycles. The third-order valence-electron chi connectivity index (χ3n) is 7.10. The lowest BCUT2D eigenvalue weighted by Crippen LogP contribution is -2.29. The van der Waals surface area contributed by atoms with Crippen LogP contribution in [0.15, 0.2) is 52.9 Å². The van der Waals surface area contributed by atoms with Crippen molar-refractivity contribution in [2.24, 2.45) is 0 Å². The lowest BCUT2D eigenvalue weighted by molar-refractivity contribution is -0.137. The molecule has 37 heavy (non-hydrogen) atoms. The van der Waals surface area contributed by atoms with E-state index >= 15 is 0 Å². The zero-order valence-electron chi connectivity index (χ0n) is 20.3. The molecule has 3 aromatic rings. The third-order valence-corrected chi connectivity index (χ3v) is 9.26. The van der Waals surface area contributed by atoms with E-state index in [1.807, 2.05) is 7.05 Å². The van der Waals surface area contributed by atoms with E-state index in [9.17, 15) is 21.6 Å². The predicted molar refractivity (Wildman–Crippen MR) is 137 cm³/mol. The molecule has 0 bridgehead atoms. The molecule has 1 N–H and O–H groups in total. The number of hydrogen-bond acceptors (Lipinski definition) is 6. The van der Waals surface area contributed by atoms with Gasteiger partial charge in [-0.1, -0.05) is 6.07 Å². The highest BCUT2D eigenvalue weighted by Crippen LogP contribution is 2.42. The van der Waals surface area contributed by atoms with Crippen LogP contribution in [0, 0.1) is 0 Å². The van der Waals surface area contributed by atoms with Crippen LogP contribution in [0.1, 0.15) is 60.0 Å². The van der Waals surface area contributed by atoms with Crippen molar-refractivity contribution in [3.63, 3.8) is 0 Å². The fourth-order valence-corrected chi connectivity index (χ4v) is 6.95. The summed E-state index contributed by atoms with van der Waals surface area (Å²) in [5.41, 5.74) is 1.67. The number of thiazole rings is 1. The first-order chi connectivity index (χ1) is 17.6. The van der Waals surface area contributed by atoms with Crippen LogP contribution in [0.4, 0.5) is 18.3 Å². The van der Waals surface area contributed by atoms with Gasteiger partial charge in [-0.15, -0.1) is 11.3 Å². The van der Waals surface area contributed by atoms with Gasteiger partial charge in [-0.2, -0.15) is 13.2 Å². The number of aromatic nitrogens is 1. The molecule has 198 valence electrons. The molecule has 0 saturated carbocycles. The highest BCUT2D eigenvalue weighted by atomic mass is 32.2. The van der Waals surface area contributed by atoms with E-state index in [-0.39, 0.29) is 16.9 Å². The summed E-state index contributed by atoms with van der Waals surface area (Å²) >= 11 is 1.20. The van der Waals surface area contributed by atoms with Gasteiger partial charge in [0.25, 0.3) is 10.0 Å². The Morgan fingerprint density at radius 1 is 1.08 bits per heavy atom. The number of fused-ring (bicyclic) bond motifs is 1. The van der Waals surface area contributed by atoms with Gasteiger partial charge in [-0.05, 0) is 105 Å². The SMILES string of the molecule is CN1CCC(c2cc(C(F)(F)F)ccc2OC2CCCc3cc(S(=O)(=O)Nc4nccs4)ccc32)CC1. The number of aryl methyl sites for hydroxylation is 1. The van der Waals surface area contributed by atoms with E-state index in [1.165, 1.54) is 29.7 Å². The Bertz CT molecular complexity index is 1350. The number of hydrogen-bond donors (Lipinski definition) is 1. The van der Waals surface area contributed by atoms with Crippen LogP contribution >= 0.6 is 11.3 Å². The first kappa shape index (κ1) is 26.0. The van der Waals surface area contributed by atoms with Crippen LogP contribution in [0.25, 0.3) is 0 Å². The van der Waals surface area contributed by atoms with E-state index in [1.54, 1.807) is 23.6 Å². The number of sulfonamides is 1. The van der Waals surface area contributed by atoms with Crippen molar-refractivity contribution >= 4 is 26.5 Å². The minimum atomic E-state index is -4.43. The summed E-state index contributed by atoms with van der Waals surface area (Å²) in [7, 11) is -1.78. The van der Waals surface area contributed by atoms with E-state index in [2.05, 4.69) is 14.6 Å². The molecule has 2 heterocycles. The maximum atomic E-state index is 13.5. The van der Waals surface area contributed by atoms with E-state index in [4.69, 9.17) is 4.74 Å². The van der Waals surface area contributed by atoms with Crippen molar-refractivity contribution in [1.82, 2.24) is 9.88 Å². The first-order valence-corrected chi connectivity index (χ1v) is 14.6. The van der Waals surface area contributed by atoms with Gasteiger partial charge < -0.3 is 9.64 Å². The molecule has 2 aliphatic rings. The van der Waals surface area contributed by atoms with Gasteiger partial charge in [-0.25, -0.2) is 13.4 Å². The highest BCUT2D eigenvalue weighted by Gasteiger charge is 2.34. The average molecular weight is 552 g/mol. The van der Waals surface area contributed by atoms with Gasteiger partial charge in [0.1, 0.15) is 11.9 Å². The third kappa shape index (κ3) is 5.78. The summed E-state index contributed by atoms with van der Waals surface area (Å²) in [5, 5.41) is 1.98. The Kier molecular flexibility index (Phi) is 7.21. The van der Waals surface area contributed by atoms with Crippen LogP contribution in [-0.2, 0) is 22.6 Å². The zero-order chi connectivity index (χ0) is 26.2. The van der Waals surface area contributed by atoms with E-state index in [0.717, 1.165) is 49.5 Å². The number of halogens is 3. The topological polar surface area (TPSA) is 71.5 Å². The Hall–Kier alpha value is -2.63. The minimum absolute atomic E-state index is 0.0129. The normalized spacial score (nSPS) is 19.4. The molecular formula is C26H28F3N3O3S2. The number of nitrogens with zero attached hydrogens (tertiary/aromatic N) is 2. The highest BCUT2D eigenvalue weighted by molar-refractivity contribution is 7.93. The van der Waals surface area contributed by atoms with Crippen molar-refractivity contribution in [2.45, 2.75) is 55.2 Å². The summed E-state index contributed by atoms with van der Waals surface area (Å²) in [6, 6.07) is 8.73. The van der Waals surface area contributed by atoms with Crippen LogP contribution in [0.2, 0.25) is 0 Å². The molecule has 0 spiro atoms. The second kappa shape index (κ2) is 10.3. The summed E-state index contributed by atoms with van der Waals surface area (Å²) < 4.78 is 75.2. The molecule has 1 unspecified atom stereocenters. The number of piperidine rings is 1. The lowest BCUT2D eigenvalue weighted by Gasteiger charge is -2.32. The maximum absolute atomic E-state index is 13.5. The molecule has 0 amide bonds. The quantitative estimate of drug-likeness (QED) is 0.393. The average Bonchev–Trinajstić information content (AvgIpc) is 3.36. The number of nitrogens with one attached hydrogen (secondary N) is 1. The van der Waals surface area contributed by atoms with Gasteiger partial charge in [0, 0.05) is 11.6 Å². The fraction of sp³-hybridized carbons (Fsp3) is 0.423. The number of rotatable bonds is 6. The van der Waals surface area contributed by atoms with Gasteiger partial charge in [0.2, 0.25) is 0 Å². The molecule has 1 aliphatic carbocycles. The number of ether oxygens (including phenoxy) is 1. The predicted octanol–water partition coefficient (Wildman–Crippen LogP) is 6.23. The zero-order valence-corrected chi connectivity index (χ0v) is 21.9. The maximum Gasteiger partial charge on any atom is 0.416 e.